The number of carboxylic acids is 1. The number of hydrogen-bond acceptors (Lipinski definition) is 7. The van der Waals surface area contributed by atoms with Crippen LogP contribution in [-0.4, -0.2) is 64.6 Å². The highest BCUT2D eigenvalue weighted by Crippen LogP contribution is 2.03. The van der Waals surface area contributed by atoms with Crippen LogP contribution in [0.4, 0.5) is 0 Å². The SMILES string of the molecule is CC(NC(=O)C(N)CCC(N)=O)C(=O)NC(CS)C(=O)NC(C(=O)O)C(C)C. The highest BCUT2D eigenvalue weighted by atomic mass is 32.1. The summed E-state index contributed by atoms with van der Waals surface area (Å²) in [6.07, 6.45) is -0.0411. The van der Waals surface area contributed by atoms with Crippen molar-refractivity contribution >= 4 is 42.2 Å². The van der Waals surface area contributed by atoms with Crippen molar-refractivity contribution in [3.05, 3.63) is 0 Å². The normalized spacial score (nSPS) is 15.1. The molecule has 0 spiro atoms. The number of aliphatic carboxylic acids is 1. The second-order valence-corrected chi connectivity index (χ2v) is 7.02. The van der Waals surface area contributed by atoms with E-state index in [1.807, 2.05) is 0 Å². The van der Waals surface area contributed by atoms with Gasteiger partial charge in [-0.15, -0.1) is 0 Å². The maximum absolute atomic E-state index is 12.2. The average Bonchev–Trinajstić information content (AvgIpc) is 2.60. The van der Waals surface area contributed by atoms with Crippen molar-refractivity contribution < 1.29 is 29.1 Å². The average molecular weight is 420 g/mol. The summed E-state index contributed by atoms with van der Waals surface area (Å²) < 4.78 is 0. The summed E-state index contributed by atoms with van der Waals surface area (Å²) in [5.74, 6) is -4.28. The zero-order valence-corrected chi connectivity index (χ0v) is 17.0. The van der Waals surface area contributed by atoms with Crippen LogP contribution < -0.4 is 27.4 Å². The fourth-order valence-electron chi connectivity index (χ4n) is 2.07. The maximum atomic E-state index is 12.2. The van der Waals surface area contributed by atoms with Gasteiger partial charge in [0.15, 0.2) is 0 Å². The summed E-state index contributed by atoms with van der Waals surface area (Å²) in [5, 5.41) is 16.2. The first-order valence-electron chi connectivity index (χ1n) is 8.69. The van der Waals surface area contributed by atoms with Gasteiger partial charge in [-0.2, -0.15) is 12.6 Å². The molecule has 0 aromatic rings. The molecule has 0 saturated heterocycles. The van der Waals surface area contributed by atoms with E-state index in [0.29, 0.717) is 0 Å². The Morgan fingerprint density at radius 2 is 1.54 bits per heavy atom. The number of amides is 4. The summed E-state index contributed by atoms with van der Waals surface area (Å²) in [6.45, 7) is 4.65. The third kappa shape index (κ3) is 9.04. The van der Waals surface area contributed by atoms with Crippen LogP contribution in [-0.2, 0) is 24.0 Å². The Kier molecular flexibility index (Phi) is 11.2. The molecule has 4 amide bonds. The van der Waals surface area contributed by atoms with Crippen LogP contribution in [0.3, 0.4) is 0 Å². The Labute approximate surface area is 168 Å². The molecule has 0 radical (unpaired) electrons. The Hall–Kier alpha value is -2.34. The van der Waals surface area contributed by atoms with Gasteiger partial charge in [-0.05, 0) is 19.3 Å². The van der Waals surface area contributed by atoms with Crippen molar-refractivity contribution in [2.45, 2.75) is 57.8 Å². The Bertz CT molecular complexity index is 600. The van der Waals surface area contributed by atoms with Crippen LogP contribution in [0, 0.1) is 5.92 Å². The number of nitrogens with one attached hydrogen (secondary N) is 3. The van der Waals surface area contributed by atoms with E-state index >= 15 is 0 Å². The molecular formula is C16H29N5O6S. The third-order valence-electron chi connectivity index (χ3n) is 3.84. The minimum Gasteiger partial charge on any atom is -0.480 e. The fraction of sp³-hybridized carbons (Fsp3) is 0.688. The van der Waals surface area contributed by atoms with Gasteiger partial charge in [0.05, 0.1) is 6.04 Å². The molecule has 0 bridgehead atoms. The number of hydrogen-bond donors (Lipinski definition) is 7. The van der Waals surface area contributed by atoms with Crippen LogP contribution in [0.1, 0.15) is 33.6 Å². The van der Waals surface area contributed by atoms with E-state index < -0.39 is 53.8 Å². The molecular weight excluding hydrogens is 390 g/mol. The molecule has 8 N–H and O–H groups in total. The molecule has 160 valence electrons. The molecule has 0 aromatic carbocycles. The van der Waals surface area contributed by atoms with Crippen LogP contribution in [0.15, 0.2) is 0 Å². The summed E-state index contributed by atoms with van der Waals surface area (Å²) in [4.78, 5) is 58.3. The van der Waals surface area contributed by atoms with Crippen molar-refractivity contribution in [1.82, 2.24) is 16.0 Å². The number of carbonyl (C=O) groups excluding carboxylic acids is 4. The smallest absolute Gasteiger partial charge is 0.326 e. The van der Waals surface area contributed by atoms with E-state index in [9.17, 15) is 24.0 Å². The monoisotopic (exact) mass is 419 g/mol. The second kappa shape index (κ2) is 12.2. The summed E-state index contributed by atoms with van der Waals surface area (Å²) in [6, 6.07) is -4.26. The lowest BCUT2D eigenvalue weighted by molar-refractivity contribution is -0.143. The quantitative estimate of drug-likeness (QED) is 0.173. The molecule has 0 fully saturated rings. The van der Waals surface area contributed by atoms with Crippen molar-refractivity contribution in [2.24, 2.45) is 17.4 Å². The zero-order chi connectivity index (χ0) is 22.0. The first kappa shape index (κ1) is 25.7. The number of carbonyl (C=O) groups is 5. The minimum atomic E-state index is -1.20. The molecule has 0 aliphatic heterocycles. The number of thiol groups is 1. The van der Waals surface area contributed by atoms with Gasteiger partial charge in [-0.1, -0.05) is 13.8 Å². The standard InChI is InChI=1S/C16H29N5O6S/c1-7(2)12(16(26)27)21-15(25)10(6-28)20-13(23)8(3)19-14(24)9(17)4-5-11(18)22/h7-10,12,28H,4-6,17H2,1-3H3,(H2,18,22)(H,19,24)(H,20,23)(H,21,25)(H,26,27). The van der Waals surface area contributed by atoms with Crippen LogP contribution >= 0.6 is 12.6 Å². The van der Waals surface area contributed by atoms with E-state index in [0.717, 1.165) is 0 Å². The fourth-order valence-corrected chi connectivity index (χ4v) is 2.33. The first-order chi connectivity index (χ1) is 12.9. The summed E-state index contributed by atoms with van der Waals surface area (Å²) in [7, 11) is 0. The molecule has 0 rings (SSSR count). The molecule has 4 atom stereocenters. The second-order valence-electron chi connectivity index (χ2n) is 6.65. The first-order valence-corrected chi connectivity index (χ1v) is 9.32. The van der Waals surface area contributed by atoms with E-state index in [1.54, 1.807) is 13.8 Å². The van der Waals surface area contributed by atoms with Gasteiger partial charge in [0.25, 0.3) is 0 Å². The van der Waals surface area contributed by atoms with E-state index in [1.165, 1.54) is 6.92 Å². The summed E-state index contributed by atoms with van der Waals surface area (Å²) in [5.41, 5.74) is 10.6. The Morgan fingerprint density at radius 1 is 0.964 bits per heavy atom. The zero-order valence-electron chi connectivity index (χ0n) is 16.1. The van der Waals surface area contributed by atoms with Gasteiger partial charge in [0.1, 0.15) is 18.1 Å². The summed E-state index contributed by atoms with van der Waals surface area (Å²) >= 11 is 4.00. The van der Waals surface area contributed by atoms with Crippen molar-refractivity contribution in [3.63, 3.8) is 0 Å². The lowest BCUT2D eigenvalue weighted by Gasteiger charge is -2.24. The Balaban J connectivity index is 4.77. The van der Waals surface area contributed by atoms with Crippen molar-refractivity contribution in [3.8, 4) is 0 Å². The molecule has 11 nitrogen and oxygen atoms in total. The molecule has 28 heavy (non-hydrogen) atoms. The molecule has 12 heteroatoms. The molecule has 0 aliphatic carbocycles. The molecule has 0 aromatic heterocycles. The number of rotatable bonds is 12. The van der Waals surface area contributed by atoms with Gasteiger partial charge < -0.3 is 32.5 Å². The van der Waals surface area contributed by atoms with E-state index in [2.05, 4.69) is 28.6 Å². The van der Waals surface area contributed by atoms with Gasteiger partial charge >= 0.3 is 5.97 Å². The number of carboxylic acid groups (broad SMARTS) is 1. The largest absolute Gasteiger partial charge is 0.480 e. The van der Waals surface area contributed by atoms with Crippen LogP contribution in [0.5, 0.6) is 0 Å². The third-order valence-corrected chi connectivity index (χ3v) is 4.20. The molecule has 0 heterocycles. The van der Waals surface area contributed by atoms with Crippen molar-refractivity contribution in [1.29, 1.82) is 0 Å². The highest BCUT2D eigenvalue weighted by molar-refractivity contribution is 7.80. The van der Waals surface area contributed by atoms with Gasteiger partial charge in [0.2, 0.25) is 23.6 Å². The maximum Gasteiger partial charge on any atom is 0.326 e. The number of primary amides is 1. The van der Waals surface area contributed by atoms with Crippen LogP contribution in [0.2, 0.25) is 0 Å². The predicted octanol–water partition coefficient (Wildman–Crippen LogP) is -2.28. The predicted molar refractivity (Wildman–Crippen MR) is 104 cm³/mol. The van der Waals surface area contributed by atoms with Crippen LogP contribution in [0.25, 0.3) is 0 Å². The number of nitrogens with two attached hydrogens (primary N) is 2. The van der Waals surface area contributed by atoms with Gasteiger partial charge in [-0.25, -0.2) is 4.79 Å². The lowest BCUT2D eigenvalue weighted by atomic mass is 10.0. The van der Waals surface area contributed by atoms with Crippen molar-refractivity contribution in [2.75, 3.05) is 5.75 Å². The van der Waals surface area contributed by atoms with Gasteiger partial charge in [0, 0.05) is 12.2 Å². The topological polar surface area (TPSA) is 194 Å². The lowest BCUT2D eigenvalue weighted by Crippen LogP contribution is -2.57. The molecule has 0 aliphatic rings. The highest BCUT2D eigenvalue weighted by Gasteiger charge is 2.29. The minimum absolute atomic E-state index is 0.0307. The van der Waals surface area contributed by atoms with Gasteiger partial charge in [-0.3, -0.25) is 19.2 Å². The molecule has 4 unspecified atom stereocenters. The Morgan fingerprint density at radius 3 is 1.96 bits per heavy atom. The molecule has 0 saturated carbocycles. The van der Waals surface area contributed by atoms with E-state index in [4.69, 9.17) is 16.6 Å². The van der Waals surface area contributed by atoms with E-state index in [-0.39, 0.29) is 24.5 Å².